The van der Waals surface area contributed by atoms with Crippen LogP contribution in [0, 0.1) is 11.3 Å². The van der Waals surface area contributed by atoms with Crippen LogP contribution in [0.15, 0.2) is 0 Å². The summed E-state index contributed by atoms with van der Waals surface area (Å²) in [4.78, 5) is 24.6. The van der Waals surface area contributed by atoms with E-state index in [1.807, 2.05) is 13.0 Å². The minimum absolute atomic E-state index is 0.0972. The number of carbonyl (C=O) groups excluding carboxylic acids is 2. The Morgan fingerprint density at radius 3 is 2.73 bits per heavy atom. The molecule has 0 aliphatic carbocycles. The molecule has 1 unspecified atom stereocenters. The van der Waals surface area contributed by atoms with Crippen LogP contribution in [0.2, 0.25) is 0 Å². The molecule has 5 heteroatoms. The molecule has 0 aromatic heterocycles. The van der Waals surface area contributed by atoms with Crippen LogP contribution in [0.25, 0.3) is 0 Å². The molecule has 15 heavy (non-hydrogen) atoms. The highest BCUT2D eigenvalue weighted by molar-refractivity contribution is 6.02. The van der Waals surface area contributed by atoms with Crippen LogP contribution in [-0.2, 0) is 9.59 Å². The number of nitriles is 1. The lowest BCUT2D eigenvalue weighted by Crippen LogP contribution is -2.66. The highest BCUT2D eigenvalue weighted by Gasteiger charge is 2.42. The number of hydrogen-bond donors (Lipinski definition) is 1. The Balaban J connectivity index is 2.89. The van der Waals surface area contributed by atoms with Crippen molar-refractivity contribution in [3.8, 4) is 6.07 Å². The summed E-state index contributed by atoms with van der Waals surface area (Å²) >= 11 is 0. The first-order chi connectivity index (χ1) is 6.89. The summed E-state index contributed by atoms with van der Waals surface area (Å²) in [5, 5.41) is 10.9. The molecule has 5 nitrogen and oxygen atoms in total. The third-order valence-electron chi connectivity index (χ3n) is 2.76. The second-order valence-corrected chi connectivity index (χ2v) is 4.28. The molecular weight excluding hydrogens is 194 g/mol. The van der Waals surface area contributed by atoms with Crippen molar-refractivity contribution in [1.82, 2.24) is 10.2 Å². The van der Waals surface area contributed by atoms with Crippen LogP contribution >= 0.6 is 0 Å². The lowest BCUT2D eigenvalue weighted by atomic mass is 9.96. The number of imide groups is 1. The molecule has 82 valence electrons. The Morgan fingerprint density at radius 2 is 2.20 bits per heavy atom. The van der Waals surface area contributed by atoms with Crippen molar-refractivity contribution < 1.29 is 9.59 Å². The second kappa shape index (κ2) is 3.99. The number of hydrogen-bond acceptors (Lipinski definition) is 4. The molecule has 1 aliphatic rings. The zero-order valence-corrected chi connectivity index (χ0v) is 9.20. The third kappa shape index (κ3) is 2.16. The number of nitrogens with zero attached hydrogens (tertiary/aromatic N) is 2. The summed E-state index contributed by atoms with van der Waals surface area (Å²) in [5.74, 6) is -0.604. The Labute approximate surface area is 89.0 Å². The molecule has 0 aromatic rings. The van der Waals surface area contributed by atoms with Crippen LogP contribution in [0.4, 0.5) is 0 Å². The molecule has 0 aromatic carbocycles. The van der Waals surface area contributed by atoms with Gasteiger partial charge >= 0.3 is 0 Å². The molecule has 1 aliphatic heterocycles. The first-order valence-electron chi connectivity index (χ1n) is 4.87. The monoisotopic (exact) mass is 209 g/mol. The SMILES string of the molecule is CC(CC#N)N1CC(=O)NC(=O)C1(C)C. The maximum atomic E-state index is 11.6. The highest BCUT2D eigenvalue weighted by atomic mass is 16.2. The van der Waals surface area contributed by atoms with Crippen molar-refractivity contribution in [3.05, 3.63) is 0 Å². The van der Waals surface area contributed by atoms with Crippen molar-refractivity contribution in [2.75, 3.05) is 6.54 Å². The second-order valence-electron chi connectivity index (χ2n) is 4.28. The van der Waals surface area contributed by atoms with Gasteiger partial charge in [0.25, 0.3) is 0 Å². The van der Waals surface area contributed by atoms with E-state index in [1.54, 1.807) is 18.7 Å². The van der Waals surface area contributed by atoms with Gasteiger partial charge in [0.1, 0.15) is 0 Å². The van der Waals surface area contributed by atoms with Gasteiger partial charge in [-0.25, -0.2) is 0 Å². The van der Waals surface area contributed by atoms with Crippen LogP contribution in [0.5, 0.6) is 0 Å². The Kier molecular flexibility index (Phi) is 3.10. The molecule has 0 spiro atoms. The van der Waals surface area contributed by atoms with Crippen molar-refractivity contribution in [2.45, 2.75) is 38.8 Å². The Bertz CT molecular complexity index is 330. The number of rotatable bonds is 2. The first-order valence-corrected chi connectivity index (χ1v) is 4.87. The van der Waals surface area contributed by atoms with E-state index in [2.05, 4.69) is 5.32 Å². The largest absolute Gasteiger partial charge is 0.294 e. The highest BCUT2D eigenvalue weighted by Crippen LogP contribution is 2.22. The molecule has 0 bridgehead atoms. The van der Waals surface area contributed by atoms with E-state index in [9.17, 15) is 9.59 Å². The van der Waals surface area contributed by atoms with Gasteiger partial charge in [-0.3, -0.25) is 19.8 Å². The van der Waals surface area contributed by atoms with Gasteiger partial charge in [-0.2, -0.15) is 5.26 Å². The number of piperazine rings is 1. The molecule has 0 radical (unpaired) electrons. The van der Waals surface area contributed by atoms with Gasteiger partial charge in [-0.15, -0.1) is 0 Å². The molecule has 1 rings (SSSR count). The Morgan fingerprint density at radius 1 is 1.60 bits per heavy atom. The Hall–Kier alpha value is -1.41. The van der Waals surface area contributed by atoms with E-state index in [1.165, 1.54) is 0 Å². The summed E-state index contributed by atoms with van der Waals surface area (Å²) < 4.78 is 0. The molecule has 1 heterocycles. The van der Waals surface area contributed by atoms with Crippen LogP contribution in [0.1, 0.15) is 27.2 Å². The zero-order valence-electron chi connectivity index (χ0n) is 9.20. The van der Waals surface area contributed by atoms with Crippen molar-refractivity contribution in [2.24, 2.45) is 0 Å². The van der Waals surface area contributed by atoms with E-state index < -0.39 is 5.54 Å². The van der Waals surface area contributed by atoms with E-state index in [0.29, 0.717) is 6.42 Å². The fourth-order valence-electron chi connectivity index (χ4n) is 1.75. The van der Waals surface area contributed by atoms with Gasteiger partial charge in [0.2, 0.25) is 11.8 Å². The van der Waals surface area contributed by atoms with Crippen molar-refractivity contribution >= 4 is 11.8 Å². The quantitative estimate of drug-likeness (QED) is 0.651. The maximum absolute atomic E-state index is 11.6. The third-order valence-corrected chi connectivity index (χ3v) is 2.76. The number of carbonyl (C=O) groups is 2. The maximum Gasteiger partial charge on any atom is 0.246 e. The van der Waals surface area contributed by atoms with E-state index in [-0.39, 0.29) is 24.4 Å². The summed E-state index contributed by atoms with van der Waals surface area (Å²) in [5.41, 5.74) is -0.732. The average Bonchev–Trinajstić information content (AvgIpc) is 2.12. The zero-order chi connectivity index (χ0) is 11.6. The molecule has 1 fully saturated rings. The molecule has 0 saturated carbocycles. The summed E-state index contributed by atoms with van der Waals surface area (Å²) in [6.07, 6.45) is 0.310. The number of nitrogens with one attached hydrogen (secondary N) is 1. The van der Waals surface area contributed by atoms with Crippen LogP contribution in [0.3, 0.4) is 0 Å². The summed E-state index contributed by atoms with van der Waals surface area (Å²) in [7, 11) is 0. The summed E-state index contributed by atoms with van der Waals surface area (Å²) in [6, 6.07) is 1.95. The van der Waals surface area contributed by atoms with Gasteiger partial charge in [-0.1, -0.05) is 0 Å². The number of amides is 2. The standard InChI is InChI=1S/C10H15N3O2/c1-7(4-5-11)13-6-8(14)12-9(15)10(13,2)3/h7H,4,6H2,1-3H3,(H,12,14,15). The van der Waals surface area contributed by atoms with E-state index >= 15 is 0 Å². The van der Waals surface area contributed by atoms with Gasteiger partial charge < -0.3 is 0 Å². The molecule has 2 amide bonds. The molecular formula is C10H15N3O2. The predicted octanol–water partition coefficient (Wildman–Crippen LogP) is 0.0256. The van der Waals surface area contributed by atoms with Gasteiger partial charge in [-0.05, 0) is 20.8 Å². The van der Waals surface area contributed by atoms with Crippen LogP contribution in [-0.4, -0.2) is 34.8 Å². The normalized spacial score (nSPS) is 23.1. The minimum Gasteiger partial charge on any atom is -0.294 e. The average molecular weight is 209 g/mol. The summed E-state index contributed by atoms with van der Waals surface area (Å²) in [6.45, 7) is 5.52. The fourth-order valence-corrected chi connectivity index (χ4v) is 1.75. The predicted molar refractivity (Wildman–Crippen MR) is 53.6 cm³/mol. The topological polar surface area (TPSA) is 73.2 Å². The fraction of sp³-hybridized carbons (Fsp3) is 0.700. The van der Waals surface area contributed by atoms with E-state index in [4.69, 9.17) is 5.26 Å². The van der Waals surface area contributed by atoms with Crippen molar-refractivity contribution in [3.63, 3.8) is 0 Å². The molecule has 1 saturated heterocycles. The molecule has 1 atom stereocenters. The van der Waals surface area contributed by atoms with Crippen molar-refractivity contribution in [1.29, 1.82) is 5.26 Å². The lowest BCUT2D eigenvalue weighted by molar-refractivity contribution is -0.147. The minimum atomic E-state index is -0.732. The van der Waals surface area contributed by atoms with E-state index in [0.717, 1.165) is 0 Å². The van der Waals surface area contributed by atoms with Gasteiger partial charge in [0, 0.05) is 6.04 Å². The van der Waals surface area contributed by atoms with Gasteiger partial charge in [0.05, 0.1) is 24.6 Å². The lowest BCUT2D eigenvalue weighted by Gasteiger charge is -2.43. The van der Waals surface area contributed by atoms with Gasteiger partial charge in [0.15, 0.2) is 0 Å². The molecule has 1 N–H and O–H groups in total. The first kappa shape index (κ1) is 11.7. The smallest absolute Gasteiger partial charge is 0.246 e. The van der Waals surface area contributed by atoms with Crippen LogP contribution < -0.4 is 5.32 Å².